The number of carbonyl (C=O) groups excluding carboxylic acids is 1. The lowest BCUT2D eigenvalue weighted by Crippen LogP contribution is -2.44. The van der Waals surface area contributed by atoms with Gasteiger partial charge in [0, 0.05) is 31.5 Å². The minimum Gasteiger partial charge on any atom is -0.485 e. The molecule has 9 nitrogen and oxygen atoms in total. The van der Waals surface area contributed by atoms with Crippen LogP contribution in [0.15, 0.2) is 70.5 Å². The van der Waals surface area contributed by atoms with Gasteiger partial charge in [0.15, 0.2) is 6.10 Å². The highest BCUT2D eigenvalue weighted by Gasteiger charge is 2.25. The molecule has 0 spiro atoms. The summed E-state index contributed by atoms with van der Waals surface area (Å²) >= 11 is 0. The van der Waals surface area contributed by atoms with Gasteiger partial charge in [-0.05, 0) is 54.8 Å². The third-order valence-electron chi connectivity index (χ3n) is 6.85. The molecule has 4 aromatic rings. The van der Waals surface area contributed by atoms with E-state index in [0.29, 0.717) is 31.4 Å². The number of carbonyl (C=O) groups is 1. The third kappa shape index (κ3) is 4.96. The number of ether oxygens (including phenoxy) is 1. The predicted molar refractivity (Wildman–Crippen MR) is 137 cm³/mol. The summed E-state index contributed by atoms with van der Waals surface area (Å²) in [6.07, 6.45) is 4.10. The number of hydrogen-bond acceptors (Lipinski definition) is 5. The highest BCUT2D eigenvalue weighted by molar-refractivity contribution is 5.80. The van der Waals surface area contributed by atoms with Gasteiger partial charge in [-0.1, -0.05) is 12.1 Å². The summed E-state index contributed by atoms with van der Waals surface area (Å²) in [5, 5.41) is 4.41. The Balaban J connectivity index is 1.58. The van der Waals surface area contributed by atoms with E-state index in [1.807, 2.05) is 36.5 Å². The summed E-state index contributed by atoms with van der Waals surface area (Å²) in [5.74, 6) is 0.144. The van der Waals surface area contributed by atoms with Crippen LogP contribution in [0, 0.1) is 0 Å². The summed E-state index contributed by atoms with van der Waals surface area (Å²) in [7, 11) is 0. The van der Waals surface area contributed by atoms with Crippen molar-refractivity contribution >= 4 is 17.3 Å². The molecule has 11 heteroatoms. The van der Waals surface area contributed by atoms with Crippen LogP contribution in [0.3, 0.4) is 0 Å². The first-order valence-electron chi connectivity index (χ1n) is 12.4. The molecule has 1 saturated heterocycles. The van der Waals surface area contributed by atoms with Gasteiger partial charge in [-0.15, -0.1) is 0 Å². The molecule has 0 atom stereocenters. The smallest absolute Gasteiger partial charge is 0.332 e. The largest absolute Gasteiger partial charge is 0.485 e. The topological polar surface area (TPSA) is 91.4 Å². The van der Waals surface area contributed by atoms with Gasteiger partial charge >= 0.3 is 5.69 Å². The first-order valence-corrected chi connectivity index (χ1v) is 12.4. The normalized spacial score (nSPS) is 14.3. The van der Waals surface area contributed by atoms with E-state index in [0.717, 1.165) is 17.7 Å². The Morgan fingerprint density at radius 1 is 1.05 bits per heavy atom. The SMILES string of the molecule is O=CN1CCC(n2c(=O)n(Cc3ccc(-n4cccn4)cc3)c(=O)c3cc(OC(CF)CF)ccc32)CC1. The molecular weight excluding hydrogens is 496 g/mol. The molecule has 2 aromatic carbocycles. The van der Waals surface area contributed by atoms with Crippen molar-refractivity contribution in [3.05, 3.63) is 87.3 Å². The molecule has 0 N–H and O–H groups in total. The molecular formula is C27H27F2N5O4. The molecule has 0 aliphatic carbocycles. The lowest BCUT2D eigenvalue weighted by atomic mass is 10.0. The lowest BCUT2D eigenvalue weighted by molar-refractivity contribution is -0.119. The number of aromatic nitrogens is 4. The van der Waals surface area contributed by atoms with E-state index >= 15 is 0 Å². The Bertz CT molecular complexity index is 1520. The summed E-state index contributed by atoms with van der Waals surface area (Å²) in [5.41, 5.74) is 1.01. The molecule has 1 amide bonds. The second-order valence-corrected chi connectivity index (χ2v) is 9.26. The third-order valence-corrected chi connectivity index (χ3v) is 6.85. The Morgan fingerprint density at radius 2 is 1.79 bits per heavy atom. The van der Waals surface area contributed by atoms with Gasteiger partial charge in [0.1, 0.15) is 19.1 Å². The van der Waals surface area contributed by atoms with Crippen molar-refractivity contribution in [3.63, 3.8) is 0 Å². The predicted octanol–water partition coefficient (Wildman–Crippen LogP) is 2.88. The fourth-order valence-electron chi connectivity index (χ4n) is 4.83. The van der Waals surface area contributed by atoms with Crippen LogP contribution in [-0.4, -0.2) is 62.8 Å². The number of amides is 1. The number of fused-ring (bicyclic) bond motifs is 1. The number of likely N-dealkylation sites (tertiary alicyclic amines) is 1. The van der Waals surface area contributed by atoms with Gasteiger partial charge in [-0.3, -0.25) is 18.7 Å². The van der Waals surface area contributed by atoms with Crippen LogP contribution < -0.4 is 16.0 Å². The summed E-state index contributed by atoms with van der Waals surface area (Å²) in [6, 6.07) is 13.5. The minimum atomic E-state index is -1.28. The molecule has 3 heterocycles. The zero-order valence-electron chi connectivity index (χ0n) is 20.6. The number of piperidine rings is 1. The van der Waals surface area contributed by atoms with E-state index in [2.05, 4.69) is 5.10 Å². The van der Waals surface area contributed by atoms with Crippen LogP contribution in [0.1, 0.15) is 24.4 Å². The molecule has 1 fully saturated rings. The zero-order valence-corrected chi connectivity index (χ0v) is 20.6. The monoisotopic (exact) mass is 523 g/mol. The number of hydrogen-bond donors (Lipinski definition) is 0. The van der Waals surface area contributed by atoms with E-state index < -0.39 is 30.7 Å². The van der Waals surface area contributed by atoms with E-state index in [-0.39, 0.29) is 23.7 Å². The van der Waals surface area contributed by atoms with E-state index in [4.69, 9.17) is 4.74 Å². The average molecular weight is 524 g/mol. The number of rotatable bonds is 9. The van der Waals surface area contributed by atoms with Crippen LogP contribution in [0.5, 0.6) is 5.75 Å². The second kappa shape index (κ2) is 11.0. The van der Waals surface area contributed by atoms with Gasteiger partial charge in [-0.25, -0.2) is 18.3 Å². The first kappa shape index (κ1) is 25.4. The van der Waals surface area contributed by atoms with Gasteiger partial charge in [0.2, 0.25) is 6.41 Å². The first-order chi connectivity index (χ1) is 18.5. The molecule has 0 saturated carbocycles. The average Bonchev–Trinajstić information content (AvgIpc) is 3.50. The van der Waals surface area contributed by atoms with Crippen LogP contribution >= 0.6 is 0 Å². The Morgan fingerprint density at radius 3 is 2.42 bits per heavy atom. The second-order valence-electron chi connectivity index (χ2n) is 9.26. The Kier molecular flexibility index (Phi) is 7.34. The Hall–Kier alpha value is -4.28. The molecule has 1 aliphatic rings. The van der Waals surface area contributed by atoms with Crippen LogP contribution in [0.4, 0.5) is 8.78 Å². The van der Waals surface area contributed by atoms with E-state index in [1.54, 1.807) is 26.4 Å². The fraction of sp³-hybridized carbons (Fsp3) is 0.333. The molecule has 38 heavy (non-hydrogen) atoms. The van der Waals surface area contributed by atoms with Gasteiger partial charge in [0.05, 0.1) is 23.1 Å². The molecule has 0 radical (unpaired) electrons. The molecule has 1 aliphatic heterocycles. The number of nitrogens with zero attached hydrogens (tertiary/aromatic N) is 5. The van der Waals surface area contributed by atoms with Crippen molar-refractivity contribution in [2.24, 2.45) is 0 Å². The van der Waals surface area contributed by atoms with E-state index in [9.17, 15) is 23.2 Å². The molecule has 2 aromatic heterocycles. The highest BCUT2D eigenvalue weighted by Crippen LogP contribution is 2.26. The maximum atomic E-state index is 13.8. The van der Waals surface area contributed by atoms with Crippen molar-refractivity contribution in [1.82, 2.24) is 23.8 Å². The molecule has 0 bridgehead atoms. The van der Waals surface area contributed by atoms with Crippen molar-refractivity contribution in [3.8, 4) is 11.4 Å². The maximum Gasteiger partial charge on any atom is 0.332 e. The standard InChI is InChI=1S/C27H27F2N5O4/c28-15-23(16-29)38-22-6-7-25-24(14-22)26(36)32(27(37)34(25)21-8-12-31(18-35)13-9-21)17-19-2-4-20(5-3-19)33-11-1-10-30-33/h1-7,10-11,14,18,21,23H,8-9,12-13,15-17H2. The lowest BCUT2D eigenvalue weighted by Gasteiger charge is -2.31. The van der Waals surface area contributed by atoms with E-state index in [1.165, 1.54) is 16.7 Å². The quantitative estimate of drug-likeness (QED) is 0.315. The van der Waals surface area contributed by atoms with Gasteiger partial charge in [-0.2, -0.15) is 5.10 Å². The zero-order chi connectivity index (χ0) is 26.6. The highest BCUT2D eigenvalue weighted by atomic mass is 19.1. The van der Waals surface area contributed by atoms with Crippen molar-refractivity contribution in [2.45, 2.75) is 31.5 Å². The number of halogens is 2. The van der Waals surface area contributed by atoms with Crippen LogP contribution in [0.25, 0.3) is 16.6 Å². The Labute approximate surface area is 216 Å². The fourth-order valence-corrected chi connectivity index (χ4v) is 4.83. The summed E-state index contributed by atoms with van der Waals surface area (Å²) in [4.78, 5) is 40.2. The van der Waals surface area contributed by atoms with Gasteiger partial charge in [0.25, 0.3) is 5.56 Å². The number of alkyl halides is 2. The number of benzene rings is 2. The summed E-state index contributed by atoms with van der Waals surface area (Å²) < 4.78 is 36.0. The van der Waals surface area contributed by atoms with Crippen LogP contribution in [-0.2, 0) is 11.3 Å². The molecule has 5 rings (SSSR count). The summed E-state index contributed by atoms with van der Waals surface area (Å²) in [6.45, 7) is -1.01. The van der Waals surface area contributed by atoms with Crippen LogP contribution in [0.2, 0.25) is 0 Å². The van der Waals surface area contributed by atoms with Gasteiger partial charge < -0.3 is 9.64 Å². The van der Waals surface area contributed by atoms with Crippen molar-refractivity contribution in [2.75, 3.05) is 26.4 Å². The maximum absolute atomic E-state index is 13.8. The van der Waals surface area contributed by atoms with Crippen molar-refractivity contribution < 1.29 is 18.3 Å². The molecule has 0 unspecified atom stereocenters. The van der Waals surface area contributed by atoms with Crippen molar-refractivity contribution in [1.29, 1.82) is 0 Å². The minimum absolute atomic E-state index is 0.0306. The molecule has 198 valence electrons.